The largest absolute Gasteiger partial charge is 0.465 e. The molecule has 7 nitrogen and oxygen atoms in total. The third kappa shape index (κ3) is 4.12. The van der Waals surface area contributed by atoms with Crippen LogP contribution in [0.1, 0.15) is 0 Å². The van der Waals surface area contributed by atoms with Crippen LogP contribution in [0.2, 0.25) is 0 Å². The van der Waals surface area contributed by atoms with Crippen LogP contribution in [0.15, 0.2) is 11.8 Å². The Balaban J connectivity index is 4.70. The molecule has 0 atom stereocenters. The van der Waals surface area contributed by atoms with Gasteiger partial charge in [0.25, 0.3) is 0 Å². The van der Waals surface area contributed by atoms with Crippen molar-refractivity contribution < 1.29 is 23.9 Å². The predicted octanol–water partition coefficient (Wildman–Crippen LogP) is -0.855. The highest BCUT2D eigenvalue weighted by Gasteiger charge is 2.19. The third-order valence-electron chi connectivity index (χ3n) is 1.39. The van der Waals surface area contributed by atoms with E-state index >= 15 is 0 Å². The van der Waals surface area contributed by atoms with Crippen molar-refractivity contribution in [1.82, 2.24) is 10.6 Å². The summed E-state index contributed by atoms with van der Waals surface area (Å²) in [7, 11) is 3.61. The van der Waals surface area contributed by atoms with Crippen molar-refractivity contribution >= 4 is 18.0 Å². The molecule has 15 heavy (non-hydrogen) atoms. The van der Waals surface area contributed by atoms with Crippen LogP contribution in [0.25, 0.3) is 0 Å². The van der Waals surface area contributed by atoms with Crippen molar-refractivity contribution in [3.05, 3.63) is 11.8 Å². The average Bonchev–Trinajstić information content (AvgIpc) is 2.27. The van der Waals surface area contributed by atoms with Crippen molar-refractivity contribution in [2.75, 3.05) is 21.3 Å². The summed E-state index contributed by atoms with van der Waals surface area (Å²) in [5.41, 5.74) is -0.399. The van der Waals surface area contributed by atoms with Crippen LogP contribution < -0.4 is 10.6 Å². The van der Waals surface area contributed by atoms with Gasteiger partial charge < -0.3 is 20.1 Å². The summed E-state index contributed by atoms with van der Waals surface area (Å²) in [6, 6.07) is -0.569. The normalized spacial score (nSPS) is 8.47. The molecule has 0 unspecified atom stereocenters. The van der Waals surface area contributed by atoms with Crippen LogP contribution in [0, 0.1) is 0 Å². The fraction of sp³-hybridized carbons (Fsp3) is 0.375. The minimum Gasteiger partial charge on any atom is -0.465 e. The Morgan fingerprint density at radius 3 is 1.87 bits per heavy atom. The van der Waals surface area contributed by atoms with E-state index in [1.807, 2.05) is 0 Å². The van der Waals surface area contributed by atoms with Crippen LogP contribution in [-0.4, -0.2) is 39.2 Å². The second-order valence-electron chi connectivity index (χ2n) is 2.26. The summed E-state index contributed by atoms with van der Waals surface area (Å²) in [6.07, 6.45) is 0.913. The number of nitrogens with one attached hydrogen (secondary N) is 2. The Kier molecular flexibility index (Phi) is 5.53. The van der Waals surface area contributed by atoms with Crippen LogP contribution in [0.5, 0.6) is 0 Å². The third-order valence-corrected chi connectivity index (χ3v) is 1.39. The van der Waals surface area contributed by atoms with E-state index in [2.05, 4.69) is 20.1 Å². The van der Waals surface area contributed by atoms with Gasteiger partial charge in [-0.15, -0.1) is 0 Å². The first-order valence-corrected chi connectivity index (χ1v) is 3.91. The number of carbonyl (C=O) groups is 3. The summed E-state index contributed by atoms with van der Waals surface area (Å²) >= 11 is 0. The SMILES string of the molecule is CNC(=O)NC=C(C(=O)OC)C(=O)OC. The van der Waals surface area contributed by atoms with E-state index in [4.69, 9.17) is 0 Å². The van der Waals surface area contributed by atoms with Crippen molar-refractivity contribution in [3.8, 4) is 0 Å². The second-order valence-corrected chi connectivity index (χ2v) is 2.26. The molecule has 0 saturated carbocycles. The molecule has 0 spiro atoms. The minimum atomic E-state index is -0.891. The van der Waals surface area contributed by atoms with E-state index in [0.29, 0.717) is 0 Å². The Labute approximate surface area is 86.4 Å². The molecule has 2 amide bonds. The van der Waals surface area contributed by atoms with Crippen molar-refractivity contribution in [1.29, 1.82) is 0 Å². The molecule has 0 bridgehead atoms. The second kappa shape index (κ2) is 6.41. The molecule has 2 N–H and O–H groups in total. The number of ether oxygens (including phenoxy) is 2. The van der Waals surface area contributed by atoms with E-state index in [0.717, 1.165) is 20.4 Å². The number of hydrogen-bond acceptors (Lipinski definition) is 5. The van der Waals surface area contributed by atoms with Crippen LogP contribution in [-0.2, 0) is 19.1 Å². The van der Waals surface area contributed by atoms with Gasteiger partial charge in [-0.25, -0.2) is 14.4 Å². The van der Waals surface area contributed by atoms with Crippen LogP contribution >= 0.6 is 0 Å². The zero-order valence-electron chi connectivity index (χ0n) is 8.62. The number of urea groups is 1. The van der Waals surface area contributed by atoms with E-state index in [1.54, 1.807) is 0 Å². The van der Waals surface area contributed by atoms with Gasteiger partial charge in [0.1, 0.15) is 0 Å². The topological polar surface area (TPSA) is 93.7 Å². The monoisotopic (exact) mass is 216 g/mol. The van der Waals surface area contributed by atoms with Gasteiger partial charge in [-0.05, 0) is 0 Å². The highest BCUT2D eigenvalue weighted by atomic mass is 16.5. The summed E-state index contributed by atoms with van der Waals surface area (Å²) in [6.45, 7) is 0. The van der Waals surface area contributed by atoms with E-state index in [9.17, 15) is 14.4 Å². The minimum absolute atomic E-state index is 0.399. The van der Waals surface area contributed by atoms with Crippen molar-refractivity contribution in [2.24, 2.45) is 0 Å². The molecule has 0 aliphatic heterocycles. The highest BCUT2D eigenvalue weighted by molar-refractivity contribution is 6.14. The number of esters is 2. The quantitative estimate of drug-likeness (QED) is 0.277. The van der Waals surface area contributed by atoms with E-state index < -0.39 is 23.5 Å². The van der Waals surface area contributed by atoms with Gasteiger partial charge in [0.15, 0.2) is 5.57 Å². The summed E-state index contributed by atoms with van der Waals surface area (Å²) in [5, 5.41) is 4.38. The lowest BCUT2D eigenvalue weighted by Crippen LogP contribution is -2.30. The van der Waals surface area contributed by atoms with E-state index in [1.165, 1.54) is 7.05 Å². The number of hydrogen-bond donors (Lipinski definition) is 2. The maximum Gasteiger partial charge on any atom is 0.346 e. The standard InChI is InChI=1S/C8H12N2O5/c1-9-8(13)10-4-5(6(11)14-2)7(12)15-3/h4H,1-3H3,(H2,9,10,13). The fourth-order valence-corrected chi connectivity index (χ4v) is 0.631. The first-order valence-electron chi connectivity index (χ1n) is 3.91. The van der Waals surface area contributed by atoms with Crippen molar-refractivity contribution in [2.45, 2.75) is 0 Å². The average molecular weight is 216 g/mol. The molecule has 0 aromatic carbocycles. The molecule has 0 aliphatic rings. The number of amides is 2. The molecule has 0 fully saturated rings. The highest BCUT2D eigenvalue weighted by Crippen LogP contribution is 1.98. The number of carbonyl (C=O) groups excluding carboxylic acids is 3. The zero-order valence-corrected chi connectivity index (χ0v) is 8.62. The van der Waals surface area contributed by atoms with Gasteiger partial charge >= 0.3 is 18.0 Å². The van der Waals surface area contributed by atoms with Gasteiger partial charge in [0.2, 0.25) is 0 Å². The lowest BCUT2D eigenvalue weighted by molar-refractivity contribution is -0.144. The Morgan fingerprint density at radius 1 is 1.07 bits per heavy atom. The first-order chi connectivity index (χ1) is 7.06. The van der Waals surface area contributed by atoms with Crippen LogP contribution in [0.4, 0.5) is 4.79 Å². The van der Waals surface area contributed by atoms with Gasteiger partial charge in [-0.3, -0.25) is 0 Å². The number of methoxy groups -OCH3 is 2. The zero-order chi connectivity index (χ0) is 11.8. The van der Waals surface area contributed by atoms with Gasteiger partial charge in [0, 0.05) is 13.2 Å². The molecule has 84 valence electrons. The maximum absolute atomic E-state index is 11.1. The van der Waals surface area contributed by atoms with Gasteiger partial charge in [-0.2, -0.15) is 0 Å². The van der Waals surface area contributed by atoms with Gasteiger partial charge in [-0.1, -0.05) is 0 Å². The predicted molar refractivity (Wildman–Crippen MR) is 49.7 cm³/mol. The maximum atomic E-state index is 11.1. The molecule has 0 aromatic rings. The lowest BCUT2D eigenvalue weighted by Gasteiger charge is -2.03. The lowest BCUT2D eigenvalue weighted by atomic mass is 10.3. The molecule has 0 aromatic heterocycles. The fourth-order valence-electron chi connectivity index (χ4n) is 0.631. The first kappa shape index (κ1) is 12.9. The number of rotatable bonds is 3. The summed E-state index contributed by atoms with van der Waals surface area (Å²) in [4.78, 5) is 32.9. The van der Waals surface area contributed by atoms with Crippen LogP contribution in [0.3, 0.4) is 0 Å². The summed E-state index contributed by atoms with van der Waals surface area (Å²) < 4.78 is 8.64. The molecule has 0 radical (unpaired) electrons. The van der Waals surface area contributed by atoms with E-state index in [-0.39, 0.29) is 0 Å². The molecule has 0 heterocycles. The smallest absolute Gasteiger partial charge is 0.346 e. The Bertz CT molecular complexity index is 279. The Hall–Kier alpha value is -2.05. The van der Waals surface area contributed by atoms with Crippen molar-refractivity contribution in [3.63, 3.8) is 0 Å². The molecule has 7 heteroatoms. The summed E-state index contributed by atoms with van der Waals surface area (Å²) in [5.74, 6) is -1.78. The van der Waals surface area contributed by atoms with Gasteiger partial charge in [0.05, 0.1) is 14.2 Å². The molecular formula is C8H12N2O5. The Morgan fingerprint density at radius 2 is 1.53 bits per heavy atom. The molecule has 0 aliphatic carbocycles. The molecule has 0 rings (SSSR count). The molecular weight excluding hydrogens is 204 g/mol. The molecule has 0 saturated heterocycles.